The molecule has 2 N–H and O–H groups in total. The lowest BCUT2D eigenvalue weighted by Gasteiger charge is -2.19. The van der Waals surface area contributed by atoms with Crippen LogP contribution in [0.25, 0.3) is 11.1 Å². The van der Waals surface area contributed by atoms with E-state index in [-0.39, 0.29) is 24.8 Å². The van der Waals surface area contributed by atoms with E-state index in [4.69, 9.17) is 4.74 Å². The summed E-state index contributed by atoms with van der Waals surface area (Å²) in [7, 11) is 0. The van der Waals surface area contributed by atoms with Crippen LogP contribution in [0.2, 0.25) is 0 Å². The second-order valence-corrected chi connectivity index (χ2v) is 9.46. The van der Waals surface area contributed by atoms with Gasteiger partial charge in [0.25, 0.3) is 5.91 Å². The molecule has 0 atom stereocenters. The Hall–Kier alpha value is -3.19. The van der Waals surface area contributed by atoms with E-state index in [9.17, 15) is 9.59 Å². The van der Waals surface area contributed by atoms with E-state index >= 15 is 0 Å². The Kier molecular flexibility index (Phi) is 8.22. The molecule has 3 rings (SSSR count). The van der Waals surface area contributed by atoms with Crippen LogP contribution in [0.15, 0.2) is 71.3 Å². The molecule has 2 aromatic carbocycles. The lowest BCUT2D eigenvalue weighted by atomic mass is 10.0. The standard InChI is InChI=1S/C26H28BrN3O3/c1-26(2,3)33-24(31)14-15-28-25(32)23-13-8-19(17-30-23)22-7-5-4-6-18(22)16-29-21-11-9-20(27)10-12-21/h4-13,17,29H,14-16H2,1-3H3,(H,28,32). The Balaban J connectivity index is 1.60. The van der Waals surface area contributed by atoms with Crippen LogP contribution >= 0.6 is 15.9 Å². The highest BCUT2D eigenvalue weighted by molar-refractivity contribution is 9.10. The summed E-state index contributed by atoms with van der Waals surface area (Å²) in [5.74, 6) is -0.672. The molecular formula is C26H28BrN3O3. The number of esters is 1. The molecule has 1 amide bonds. The molecular weight excluding hydrogens is 482 g/mol. The number of halogens is 1. The summed E-state index contributed by atoms with van der Waals surface area (Å²) in [5, 5.41) is 6.14. The molecule has 0 aliphatic carbocycles. The Morgan fingerprint density at radius 3 is 2.39 bits per heavy atom. The van der Waals surface area contributed by atoms with Gasteiger partial charge in [0, 0.05) is 35.0 Å². The average Bonchev–Trinajstić information content (AvgIpc) is 2.78. The zero-order valence-corrected chi connectivity index (χ0v) is 20.6. The van der Waals surface area contributed by atoms with Crippen molar-refractivity contribution in [1.82, 2.24) is 10.3 Å². The number of rotatable bonds is 8. The van der Waals surface area contributed by atoms with Crippen LogP contribution < -0.4 is 10.6 Å². The summed E-state index contributed by atoms with van der Waals surface area (Å²) in [6, 6.07) is 19.7. The van der Waals surface area contributed by atoms with Gasteiger partial charge >= 0.3 is 5.97 Å². The van der Waals surface area contributed by atoms with Crippen molar-refractivity contribution in [2.75, 3.05) is 11.9 Å². The number of hydrogen-bond acceptors (Lipinski definition) is 5. The molecule has 1 heterocycles. The molecule has 0 saturated heterocycles. The van der Waals surface area contributed by atoms with Crippen LogP contribution in [0.5, 0.6) is 0 Å². The Labute approximate surface area is 202 Å². The number of carbonyl (C=O) groups excluding carboxylic acids is 2. The van der Waals surface area contributed by atoms with Crippen molar-refractivity contribution in [3.63, 3.8) is 0 Å². The Morgan fingerprint density at radius 1 is 1.00 bits per heavy atom. The van der Waals surface area contributed by atoms with Crippen LogP contribution in [0.1, 0.15) is 43.2 Å². The molecule has 0 unspecified atom stereocenters. The SMILES string of the molecule is CC(C)(C)OC(=O)CCNC(=O)c1ccc(-c2ccccc2CNc2ccc(Br)cc2)cn1. The number of hydrogen-bond donors (Lipinski definition) is 2. The number of carbonyl (C=O) groups is 2. The van der Waals surface area contributed by atoms with Crippen molar-refractivity contribution in [2.24, 2.45) is 0 Å². The molecule has 0 aliphatic rings. The third-order valence-electron chi connectivity index (χ3n) is 4.69. The van der Waals surface area contributed by atoms with Gasteiger partial charge in [-0.1, -0.05) is 46.3 Å². The van der Waals surface area contributed by atoms with Gasteiger partial charge in [0.2, 0.25) is 0 Å². The third kappa shape index (κ3) is 7.71. The number of amides is 1. The largest absolute Gasteiger partial charge is 0.460 e. The second-order valence-electron chi connectivity index (χ2n) is 8.54. The van der Waals surface area contributed by atoms with E-state index in [1.54, 1.807) is 12.3 Å². The zero-order valence-electron chi connectivity index (χ0n) is 19.0. The summed E-state index contributed by atoms with van der Waals surface area (Å²) in [4.78, 5) is 28.5. The predicted octanol–water partition coefficient (Wildman–Crippen LogP) is 5.58. The van der Waals surface area contributed by atoms with E-state index in [1.807, 2.05) is 69.3 Å². The maximum atomic E-state index is 12.4. The van der Waals surface area contributed by atoms with Gasteiger partial charge in [0.05, 0.1) is 6.42 Å². The molecule has 0 saturated carbocycles. The summed E-state index contributed by atoms with van der Waals surface area (Å²) in [6.07, 6.45) is 1.81. The number of ether oxygens (including phenoxy) is 1. The number of pyridine rings is 1. The smallest absolute Gasteiger partial charge is 0.308 e. The van der Waals surface area contributed by atoms with Gasteiger partial charge in [-0.2, -0.15) is 0 Å². The normalized spacial score (nSPS) is 11.0. The van der Waals surface area contributed by atoms with Crippen molar-refractivity contribution in [2.45, 2.75) is 39.3 Å². The van der Waals surface area contributed by atoms with Gasteiger partial charge in [-0.3, -0.25) is 14.6 Å². The molecule has 33 heavy (non-hydrogen) atoms. The number of aromatic nitrogens is 1. The van der Waals surface area contributed by atoms with Gasteiger partial charge in [0.15, 0.2) is 0 Å². The number of nitrogens with one attached hydrogen (secondary N) is 2. The minimum atomic E-state index is -0.539. The molecule has 172 valence electrons. The fourth-order valence-corrected chi connectivity index (χ4v) is 3.43. The number of anilines is 1. The number of benzene rings is 2. The molecule has 3 aromatic rings. The molecule has 6 nitrogen and oxygen atoms in total. The van der Waals surface area contributed by atoms with E-state index < -0.39 is 5.60 Å². The average molecular weight is 510 g/mol. The Morgan fingerprint density at radius 2 is 1.73 bits per heavy atom. The van der Waals surface area contributed by atoms with Crippen LogP contribution in [-0.2, 0) is 16.1 Å². The van der Waals surface area contributed by atoms with Gasteiger partial charge in [-0.25, -0.2) is 0 Å². The Bertz CT molecular complexity index is 1090. The highest BCUT2D eigenvalue weighted by Gasteiger charge is 2.16. The van der Waals surface area contributed by atoms with Crippen molar-refractivity contribution >= 4 is 33.5 Å². The van der Waals surface area contributed by atoms with Crippen LogP contribution in [-0.4, -0.2) is 29.0 Å². The van der Waals surface area contributed by atoms with E-state index in [0.717, 1.165) is 26.9 Å². The summed E-state index contributed by atoms with van der Waals surface area (Å²) < 4.78 is 6.28. The van der Waals surface area contributed by atoms with Crippen LogP contribution in [0.4, 0.5) is 5.69 Å². The third-order valence-corrected chi connectivity index (χ3v) is 5.22. The second kappa shape index (κ2) is 11.1. The fraction of sp³-hybridized carbons (Fsp3) is 0.269. The minimum Gasteiger partial charge on any atom is -0.460 e. The van der Waals surface area contributed by atoms with Crippen molar-refractivity contribution in [1.29, 1.82) is 0 Å². The zero-order chi connectivity index (χ0) is 23.8. The molecule has 0 aliphatic heterocycles. The summed E-state index contributed by atoms with van der Waals surface area (Å²) >= 11 is 3.45. The fourth-order valence-electron chi connectivity index (χ4n) is 3.17. The molecule has 0 bridgehead atoms. The molecule has 0 spiro atoms. The van der Waals surface area contributed by atoms with Gasteiger partial charge in [-0.05, 0) is 62.2 Å². The first-order valence-electron chi connectivity index (χ1n) is 10.7. The molecule has 7 heteroatoms. The first-order valence-corrected chi connectivity index (χ1v) is 11.5. The van der Waals surface area contributed by atoms with Gasteiger partial charge < -0.3 is 15.4 Å². The number of nitrogens with zero attached hydrogens (tertiary/aromatic N) is 1. The lowest BCUT2D eigenvalue weighted by Crippen LogP contribution is -2.30. The molecule has 0 radical (unpaired) electrons. The van der Waals surface area contributed by atoms with Crippen molar-refractivity contribution < 1.29 is 14.3 Å². The maximum absolute atomic E-state index is 12.4. The first-order chi connectivity index (χ1) is 15.7. The van der Waals surface area contributed by atoms with Gasteiger partial charge in [0.1, 0.15) is 11.3 Å². The van der Waals surface area contributed by atoms with Gasteiger partial charge in [-0.15, -0.1) is 0 Å². The van der Waals surface area contributed by atoms with E-state index in [1.165, 1.54) is 0 Å². The van der Waals surface area contributed by atoms with E-state index in [2.05, 4.69) is 37.6 Å². The molecule has 0 fully saturated rings. The van der Waals surface area contributed by atoms with E-state index in [0.29, 0.717) is 12.2 Å². The van der Waals surface area contributed by atoms with Crippen LogP contribution in [0.3, 0.4) is 0 Å². The quantitative estimate of drug-likeness (QED) is 0.387. The topological polar surface area (TPSA) is 80.3 Å². The summed E-state index contributed by atoms with van der Waals surface area (Å²) in [5.41, 5.74) is 3.89. The minimum absolute atomic E-state index is 0.111. The highest BCUT2D eigenvalue weighted by atomic mass is 79.9. The first kappa shape index (κ1) is 24.5. The summed E-state index contributed by atoms with van der Waals surface area (Å²) in [6.45, 7) is 6.28. The highest BCUT2D eigenvalue weighted by Crippen LogP contribution is 2.24. The molecule has 1 aromatic heterocycles. The van der Waals surface area contributed by atoms with Crippen molar-refractivity contribution in [3.8, 4) is 11.1 Å². The predicted molar refractivity (Wildman–Crippen MR) is 134 cm³/mol. The van der Waals surface area contributed by atoms with Crippen molar-refractivity contribution in [3.05, 3.63) is 82.6 Å². The maximum Gasteiger partial charge on any atom is 0.308 e. The lowest BCUT2D eigenvalue weighted by molar-refractivity contribution is -0.154. The monoisotopic (exact) mass is 509 g/mol. The van der Waals surface area contributed by atoms with Crippen LogP contribution in [0, 0.1) is 0 Å².